The molecule has 0 saturated heterocycles. The third-order valence-corrected chi connectivity index (χ3v) is 5.21. The van der Waals surface area contributed by atoms with Crippen LogP contribution in [0.5, 0.6) is 0 Å². The molecule has 1 aromatic rings. The molecular weight excluding hydrogens is 340 g/mol. The van der Waals surface area contributed by atoms with Gasteiger partial charge in [0.25, 0.3) is 0 Å². The number of ketones is 1. The molecule has 24 heavy (non-hydrogen) atoms. The molecule has 0 fully saturated rings. The Kier molecular flexibility index (Phi) is 8.78. The highest BCUT2D eigenvalue weighted by Gasteiger charge is 2.26. The van der Waals surface area contributed by atoms with Crippen LogP contribution < -0.4 is 0 Å². The van der Waals surface area contributed by atoms with E-state index in [0.717, 1.165) is 5.56 Å². The van der Waals surface area contributed by atoms with Gasteiger partial charge < -0.3 is 0 Å². The molecule has 0 unspecified atom stereocenters. The minimum atomic E-state index is -0.551. The molecule has 0 spiro atoms. The van der Waals surface area contributed by atoms with Crippen molar-refractivity contribution in [2.45, 2.75) is 58.0 Å². The van der Waals surface area contributed by atoms with Crippen LogP contribution in [0.2, 0.25) is 0 Å². The Bertz CT molecular complexity index is 577. The first-order chi connectivity index (χ1) is 11.2. The fraction of sp³-hybridized carbons (Fsp3) is 0.526. The maximum absolute atomic E-state index is 12.5. The Morgan fingerprint density at radius 1 is 0.875 bits per heavy atom. The Balaban J connectivity index is 2.83. The minimum Gasteiger partial charge on any atom is -0.294 e. The van der Waals surface area contributed by atoms with Gasteiger partial charge in [-0.2, -0.15) is 0 Å². The number of hydrogen-bond donors (Lipinski definition) is 0. The number of aryl methyl sites for hydroxylation is 1. The topological polar surface area (TPSA) is 51.2 Å². The zero-order chi connectivity index (χ0) is 18.3. The van der Waals surface area contributed by atoms with Crippen LogP contribution in [0.3, 0.4) is 0 Å². The van der Waals surface area contributed by atoms with Crippen LogP contribution in [0.1, 0.15) is 56.5 Å². The summed E-state index contributed by atoms with van der Waals surface area (Å²) in [6.07, 6.45) is 0.213. The van der Waals surface area contributed by atoms with E-state index < -0.39 is 5.92 Å². The van der Waals surface area contributed by atoms with Gasteiger partial charge in [-0.3, -0.25) is 14.4 Å². The van der Waals surface area contributed by atoms with Gasteiger partial charge in [-0.15, -0.1) is 0 Å². The summed E-state index contributed by atoms with van der Waals surface area (Å²) in [7, 11) is 0. The van der Waals surface area contributed by atoms with Gasteiger partial charge in [0.05, 0.1) is 0 Å². The summed E-state index contributed by atoms with van der Waals surface area (Å²) in [5.41, 5.74) is 1.68. The molecule has 3 nitrogen and oxygen atoms in total. The van der Waals surface area contributed by atoms with E-state index in [9.17, 15) is 14.4 Å². The number of thioether (sulfide) groups is 2. The predicted octanol–water partition coefficient (Wildman–Crippen LogP) is 4.91. The van der Waals surface area contributed by atoms with E-state index in [0.29, 0.717) is 5.56 Å². The van der Waals surface area contributed by atoms with Crippen molar-refractivity contribution in [3.63, 3.8) is 0 Å². The number of carbonyl (C=O) groups is 3. The first kappa shape index (κ1) is 21.0. The van der Waals surface area contributed by atoms with Crippen molar-refractivity contribution in [2.75, 3.05) is 0 Å². The maximum atomic E-state index is 12.5. The summed E-state index contributed by atoms with van der Waals surface area (Å²) in [4.78, 5) is 37.0. The highest BCUT2D eigenvalue weighted by atomic mass is 32.2. The molecule has 0 heterocycles. The highest BCUT2D eigenvalue weighted by Crippen LogP contribution is 2.26. The lowest BCUT2D eigenvalue weighted by molar-refractivity contribution is -0.119. The van der Waals surface area contributed by atoms with Gasteiger partial charge in [-0.25, -0.2) is 0 Å². The molecule has 0 aliphatic heterocycles. The van der Waals surface area contributed by atoms with Crippen molar-refractivity contribution in [2.24, 2.45) is 5.92 Å². The lowest BCUT2D eigenvalue weighted by atomic mass is 9.96. The summed E-state index contributed by atoms with van der Waals surface area (Å²) < 4.78 is 0. The average Bonchev–Trinajstić information content (AvgIpc) is 2.45. The van der Waals surface area contributed by atoms with Crippen LogP contribution in [-0.2, 0) is 9.59 Å². The SMILES string of the molecule is Cc1ccc(C(=O)C[C@@H](CC(=O)SC(C)C)C(=O)SC(C)C)cc1. The van der Waals surface area contributed by atoms with Crippen molar-refractivity contribution in [3.05, 3.63) is 35.4 Å². The molecule has 1 rings (SSSR count). The molecule has 0 aromatic heterocycles. The molecule has 0 aliphatic rings. The van der Waals surface area contributed by atoms with Crippen molar-refractivity contribution in [1.29, 1.82) is 0 Å². The van der Waals surface area contributed by atoms with E-state index in [2.05, 4.69) is 0 Å². The molecule has 0 radical (unpaired) electrons. The third-order valence-electron chi connectivity index (χ3n) is 3.27. The molecular formula is C19H26O3S2. The molecule has 5 heteroatoms. The average molecular weight is 367 g/mol. The molecule has 132 valence electrons. The second-order valence-corrected chi connectivity index (χ2v) is 9.63. The number of rotatable bonds is 8. The molecule has 1 aromatic carbocycles. The second-order valence-electron chi connectivity index (χ2n) is 6.42. The Morgan fingerprint density at radius 2 is 1.42 bits per heavy atom. The van der Waals surface area contributed by atoms with Crippen LogP contribution >= 0.6 is 23.5 Å². The van der Waals surface area contributed by atoms with Gasteiger partial charge in [0, 0.05) is 34.8 Å². The standard InChI is InChI=1S/C19H26O3S2/c1-12(2)23-18(21)11-16(19(22)24-13(3)4)10-17(20)15-8-6-14(5)7-9-15/h6-9,12-13,16H,10-11H2,1-5H3/t16-/m0/s1. The van der Waals surface area contributed by atoms with Crippen LogP contribution in [0.25, 0.3) is 0 Å². The van der Waals surface area contributed by atoms with Crippen molar-refractivity contribution >= 4 is 39.5 Å². The zero-order valence-electron chi connectivity index (χ0n) is 15.0. The van der Waals surface area contributed by atoms with E-state index in [1.165, 1.54) is 23.5 Å². The van der Waals surface area contributed by atoms with E-state index >= 15 is 0 Å². The normalized spacial score (nSPS) is 12.5. The fourth-order valence-corrected chi connectivity index (χ4v) is 3.81. The van der Waals surface area contributed by atoms with E-state index in [1.807, 2.05) is 46.8 Å². The van der Waals surface area contributed by atoms with Gasteiger partial charge in [0.1, 0.15) is 0 Å². The zero-order valence-corrected chi connectivity index (χ0v) is 16.6. The van der Waals surface area contributed by atoms with Gasteiger partial charge in [0.15, 0.2) is 16.0 Å². The summed E-state index contributed by atoms with van der Waals surface area (Å²) in [5, 5.41) is 0.230. The molecule has 0 aliphatic carbocycles. The predicted molar refractivity (Wildman–Crippen MR) is 104 cm³/mol. The molecule has 0 amide bonds. The van der Waals surface area contributed by atoms with Gasteiger partial charge in [-0.1, -0.05) is 81.0 Å². The fourth-order valence-electron chi connectivity index (χ4n) is 2.16. The Morgan fingerprint density at radius 3 is 1.92 bits per heavy atom. The Hall–Kier alpha value is -1.07. The molecule has 0 N–H and O–H groups in total. The second kappa shape index (κ2) is 10.0. The van der Waals surface area contributed by atoms with E-state index in [4.69, 9.17) is 0 Å². The summed E-state index contributed by atoms with van der Waals surface area (Å²) in [6, 6.07) is 7.32. The lowest BCUT2D eigenvalue weighted by Gasteiger charge is -2.16. The van der Waals surface area contributed by atoms with Crippen molar-refractivity contribution in [3.8, 4) is 0 Å². The quantitative estimate of drug-likeness (QED) is 0.612. The van der Waals surface area contributed by atoms with Crippen LogP contribution in [0, 0.1) is 12.8 Å². The molecule has 1 atom stereocenters. The van der Waals surface area contributed by atoms with Crippen molar-refractivity contribution < 1.29 is 14.4 Å². The maximum Gasteiger partial charge on any atom is 0.193 e. The lowest BCUT2D eigenvalue weighted by Crippen LogP contribution is -2.20. The highest BCUT2D eigenvalue weighted by molar-refractivity contribution is 8.14. The summed E-state index contributed by atoms with van der Waals surface area (Å²) in [6.45, 7) is 9.72. The number of carbonyl (C=O) groups excluding carboxylic acids is 3. The Labute approximate surface area is 153 Å². The molecule has 0 saturated carbocycles. The van der Waals surface area contributed by atoms with Gasteiger partial charge in [0.2, 0.25) is 0 Å². The first-order valence-corrected chi connectivity index (χ1v) is 9.94. The van der Waals surface area contributed by atoms with E-state index in [1.54, 1.807) is 12.1 Å². The largest absolute Gasteiger partial charge is 0.294 e. The smallest absolute Gasteiger partial charge is 0.193 e. The summed E-state index contributed by atoms with van der Waals surface area (Å²) in [5.74, 6) is -0.634. The number of hydrogen-bond acceptors (Lipinski definition) is 5. The molecule has 0 bridgehead atoms. The van der Waals surface area contributed by atoms with Crippen molar-refractivity contribution in [1.82, 2.24) is 0 Å². The number of benzene rings is 1. The third kappa shape index (κ3) is 7.67. The monoisotopic (exact) mass is 366 g/mol. The first-order valence-electron chi connectivity index (χ1n) is 8.19. The minimum absolute atomic E-state index is 0.0237. The van der Waals surface area contributed by atoms with Crippen LogP contribution in [-0.4, -0.2) is 26.5 Å². The van der Waals surface area contributed by atoms with E-state index in [-0.39, 0.29) is 39.4 Å². The van der Waals surface area contributed by atoms with Crippen LogP contribution in [0.4, 0.5) is 0 Å². The summed E-state index contributed by atoms with van der Waals surface area (Å²) >= 11 is 2.44. The van der Waals surface area contributed by atoms with Gasteiger partial charge in [-0.05, 0) is 6.92 Å². The van der Waals surface area contributed by atoms with Crippen LogP contribution in [0.15, 0.2) is 24.3 Å². The number of Topliss-reactive ketones (excluding diaryl/α,β-unsaturated/α-hetero) is 1. The van der Waals surface area contributed by atoms with Gasteiger partial charge >= 0.3 is 0 Å².